The maximum atomic E-state index is 13.5. The highest BCUT2D eigenvalue weighted by molar-refractivity contribution is 6.32. The summed E-state index contributed by atoms with van der Waals surface area (Å²) in [5.41, 5.74) is 11.3. The molecule has 2 N–H and O–H groups in total. The van der Waals surface area contributed by atoms with Gasteiger partial charge in [0.15, 0.2) is 11.6 Å². The second-order valence-electron chi connectivity index (χ2n) is 12.4. The molecule has 0 amide bonds. The second-order valence-corrected chi connectivity index (χ2v) is 12.4. The Hall–Kier alpha value is -4.66. The lowest BCUT2D eigenvalue weighted by Crippen LogP contribution is -2.20. The average Bonchev–Trinajstić information content (AvgIpc) is 3.74. The van der Waals surface area contributed by atoms with E-state index in [4.69, 9.17) is 19.7 Å². The van der Waals surface area contributed by atoms with Crippen molar-refractivity contribution in [3.05, 3.63) is 91.0 Å². The number of nitrogens with one attached hydrogen (secondary N) is 1. The number of rotatable bonds is 6. The molecule has 9 heteroatoms. The van der Waals surface area contributed by atoms with Gasteiger partial charge < -0.3 is 15.2 Å². The van der Waals surface area contributed by atoms with Gasteiger partial charge in [0, 0.05) is 52.8 Å². The fourth-order valence-corrected chi connectivity index (χ4v) is 7.44. The van der Waals surface area contributed by atoms with Crippen LogP contribution in [0.4, 0.5) is 0 Å². The van der Waals surface area contributed by atoms with Crippen molar-refractivity contribution in [1.82, 2.24) is 5.32 Å². The van der Waals surface area contributed by atoms with E-state index in [1.807, 2.05) is 39.8 Å². The summed E-state index contributed by atoms with van der Waals surface area (Å²) in [6.07, 6.45) is 5.49. The van der Waals surface area contributed by atoms with Crippen molar-refractivity contribution in [2.45, 2.75) is 74.1 Å². The zero-order chi connectivity index (χ0) is 32.5. The highest BCUT2D eigenvalue weighted by Crippen LogP contribution is 2.47. The summed E-state index contributed by atoms with van der Waals surface area (Å²) in [6, 6.07) is 0. The van der Waals surface area contributed by atoms with Crippen molar-refractivity contribution >= 4 is 34.7 Å². The number of ketones is 2. The fraction of sp³-hybridized carbons (Fsp3) is 0.389. The molecule has 1 aliphatic carbocycles. The third-order valence-corrected chi connectivity index (χ3v) is 9.77. The lowest BCUT2D eigenvalue weighted by molar-refractivity contribution is -0.141. The first-order valence-electron chi connectivity index (χ1n) is 15.5. The number of carbonyl (C=O) groups excluding carboxylic acids is 3. The van der Waals surface area contributed by atoms with Crippen molar-refractivity contribution in [2.24, 2.45) is 26.8 Å². The number of fused-ring (bicyclic) bond motifs is 5. The molecule has 6 rings (SSSR count). The maximum Gasteiger partial charge on any atom is 0.305 e. The average molecular weight is 607 g/mol. The van der Waals surface area contributed by atoms with Crippen LogP contribution in [-0.2, 0) is 19.1 Å². The van der Waals surface area contributed by atoms with E-state index in [1.54, 1.807) is 0 Å². The van der Waals surface area contributed by atoms with Crippen LogP contribution in [0.15, 0.2) is 106 Å². The molecule has 2 atom stereocenters. The summed E-state index contributed by atoms with van der Waals surface area (Å²) in [5, 5.41) is 14.9. The Morgan fingerprint density at radius 3 is 2.29 bits per heavy atom. The molecule has 45 heavy (non-hydrogen) atoms. The molecule has 9 nitrogen and oxygen atoms in total. The molecule has 0 aromatic rings. The fourth-order valence-electron chi connectivity index (χ4n) is 7.44. The summed E-state index contributed by atoms with van der Waals surface area (Å²) in [5.74, 6) is -0.816. The van der Waals surface area contributed by atoms with E-state index in [9.17, 15) is 19.5 Å². The highest BCUT2D eigenvalue weighted by Gasteiger charge is 2.43. The van der Waals surface area contributed by atoms with Gasteiger partial charge in [0.05, 0.1) is 46.9 Å². The van der Waals surface area contributed by atoms with Gasteiger partial charge in [0.2, 0.25) is 0 Å². The lowest BCUT2D eigenvalue weighted by Gasteiger charge is -2.18. The number of ether oxygens (including phenoxy) is 1. The second kappa shape index (κ2) is 11.1. The number of aliphatic imine (C=N–C) groups is 3. The first-order valence-corrected chi connectivity index (χ1v) is 15.5. The highest BCUT2D eigenvalue weighted by atomic mass is 16.5. The normalized spacial score (nSPS) is 24.0. The Morgan fingerprint density at radius 1 is 0.933 bits per heavy atom. The molecular formula is C36H38N4O5. The van der Waals surface area contributed by atoms with Gasteiger partial charge in [-0.25, -0.2) is 15.0 Å². The number of Topliss-reactive ketones (excluding diaryl/α,β-unsaturated/α-hetero) is 2. The number of aliphatic hydroxyl groups excluding tert-OH is 1. The number of esters is 1. The molecule has 232 valence electrons. The molecular weight excluding hydrogens is 568 g/mol. The van der Waals surface area contributed by atoms with Gasteiger partial charge in [-0.1, -0.05) is 13.8 Å². The van der Waals surface area contributed by atoms with Crippen LogP contribution in [0.1, 0.15) is 74.1 Å². The van der Waals surface area contributed by atoms with Crippen LogP contribution in [0.5, 0.6) is 0 Å². The smallest absolute Gasteiger partial charge is 0.305 e. The minimum atomic E-state index is -0.321. The number of hydrogen-bond acceptors (Lipinski definition) is 9. The number of methoxy groups -OCH3 is 1. The Bertz CT molecular complexity index is 1880. The third kappa shape index (κ3) is 4.67. The van der Waals surface area contributed by atoms with Gasteiger partial charge in [-0.05, 0) is 81.9 Å². The first kappa shape index (κ1) is 30.4. The number of allylic oxidation sites excluding steroid dienone is 12. The molecule has 5 heterocycles. The quantitative estimate of drug-likeness (QED) is 0.349. The monoisotopic (exact) mass is 606 g/mol. The Labute approximate surface area is 263 Å². The summed E-state index contributed by atoms with van der Waals surface area (Å²) < 4.78 is 4.96. The third-order valence-electron chi connectivity index (χ3n) is 9.77. The molecule has 6 aliphatic rings. The first-order chi connectivity index (χ1) is 21.4. The molecule has 8 bridgehead atoms. The molecule has 0 saturated carbocycles. The lowest BCUT2D eigenvalue weighted by atomic mass is 9.84. The van der Waals surface area contributed by atoms with E-state index in [0.29, 0.717) is 51.7 Å². The van der Waals surface area contributed by atoms with Gasteiger partial charge in [-0.15, -0.1) is 0 Å². The van der Waals surface area contributed by atoms with Crippen LogP contribution in [-0.4, -0.2) is 46.9 Å². The van der Waals surface area contributed by atoms with Crippen LogP contribution in [0.25, 0.3) is 0 Å². The van der Waals surface area contributed by atoms with Crippen LogP contribution >= 0.6 is 0 Å². The zero-order valence-electron chi connectivity index (χ0n) is 27.1. The van der Waals surface area contributed by atoms with Crippen molar-refractivity contribution in [3.8, 4) is 0 Å². The summed E-state index contributed by atoms with van der Waals surface area (Å²) in [6.45, 7) is 12.9. The van der Waals surface area contributed by atoms with E-state index in [1.165, 1.54) is 21.0 Å². The Kier molecular flexibility index (Phi) is 7.46. The Morgan fingerprint density at radius 2 is 1.64 bits per heavy atom. The van der Waals surface area contributed by atoms with E-state index in [0.717, 1.165) is 51.4 Å². The predicted molar refractivity (Wildman–Crippen MR) is 174 cm³/mol. The summed E-state index contributed by atoms with van der Waals surface area (Å²) >= 11 is 0. The summed E-state index contributed by atoms with van der Waals surface area (Å²) in [4.78, 5) is 53.9. The van der Waals surface area contributed by atoms with Crippen molar-refractivity contribution in [2.75, 3.05) is 7.11 Å². The van der Waals surface area contributed by atoms with Crippen LogP contribution < -0.4 is 5.32 Å². The van der Waals surface area contributed by atoms with Gasteiger partial charge in [-0.2, -0.15) is 0 Å². The summed E-state index contributed by atoms with van der Waals surface area (Å²) in [7, 11) is 1.37. The van der Waals surface area contributed by atoms with Crippen molar-refractivity contribution in [1.29, 1.82) is 0 Å². The Balaban J connectivity index is 1.68. The maximum absolute atomic E-state index is 13.5. The van der Waals surface area contributed by atoms with E-state index in [-0.39, 0.29) is 48.0 Å². The molecule has 0 unspecified atom stereocenters. The standard InChI is InChI=1S/C36H38N4O5/c1-9-21-15(2)24-14-27-30(19(6)41)18(5)34(39-27)32(20(7)42)33-16(3)22(10-11-29(44)45-8)35(40-33)23-12-28(43)31-17(4)25(38-36(23)31)13-26(21)37-24/h13-14,16,22,40,43H,9-12H2,1-8H3/t16-,22-/m0/s1. The topological polar surface area (TPSA) is 130 Å². The molecule has 0 spiro atoms. The molecule has 1 fully saturated rings. The number of carbonyl (C=O) groups is 3. The molecule has 0 aromatic heterocycles. The van der Waals surface area contributed by atoms with Gasteiger partial charge >= 0.3 is 5.97 Å². The van der Waals surface area contributed by atoms with E-state index >= 15 is 0 Å². The minimum Gasteiger partial charge on any atom is -0.511 e. The minimum absolute atomic E-state index is 0.144. The van der Waals surface area contributed by atoms with Gasteiger partial charge in [0.1, 0.15) is 5.76 Å². The number of aliphatic hydroxyl groups is 1. The zero-order valence-corrected chi connectivity index (χ0v) is 27.1. The van der Waals surface area contributed by atoms with Crippen molar-refractivity contribution in [3.63, 3.8) is 0 Å². The van der Waals surface area contributed by atoms with Crippen LogP contribution in [0.2, 0.25) is 0 Å². The van der Waals surface area contributed by atoms with Gasteiger partial charge in [-0.3, -0.25) is 14.4 Å². The largest absolute Gasteiger partial charge is 0.511 e. The van der Waals surface area contributed by atoms with Crippen LogP contribution in [0.3, 0.4) is 0 Å². The number of hydrogen-bond donors (Lipinski definition) is 2. The molecule has 5 aliphatic heterocycles. The predicted octanol–water partition coefficient (Wildman–Crippen LogP) is 6.16. The van der Waals surface area contributed by atoms with Crippen LogP contribution in [0, 0.1) is 11.8 Å². The number of nitrogens with zero attached hydrogens (tertiary/aromatic N) is 3. The SMILES string of the molecule is CCC1=C(C)C2=NC1=CC1=C(C)C3=C(O)CC(=C4NC(=C(C(C)=O)C5=NC(=C2)C(C(C)=O)=C5C)[C@@H](C)[C@@H]4CCC(=O)OC)C3=N1. The van der Waals surface area contributed by atoms with E-state index < -0.39 is 0 Å². The molecule has 0 aromatic carbocycles. The molecule has 0 radical (unpaired) electrons. The van der Waals surface area contributed by atoms with Crippen molar-refractivity contribution < 1.29 is 24.2 Å². The van der Waals surface area contributed by atoms with Gasteiger partial charge in [0.25, 0.3) is 0 Å². The van der Waals surface area contributed by atoms with E-state index in [2.05, 4.69) is 12.2 Å². The molecule has 1 saturated heterocycles.